The fourth-order valence-electron chi connectivity index (χ4n) is 3.26. The summed E-state index contributed by atoms with van der Waals surface area (Å²) in [6.07, 6.45) is 5.26. The molecule has 0 saturated heterocycles. The zero-order valence-corrected chi connectivity index (χ0v) is 12.8. The molecule has 0 radical (unpaired) electrons. The Morgan fingerprint density at radius 1 is 1.37 bits per heavy atom. The van der Waals surface area contributed by atoms with E-state index in [1.807, 2.05) is 6.92 Å². The van der Waals surface area contributed by atoms with Crippen LogP contribution in [0.15, 0.2) is 0 Å². The van der Waals surface area contributed by atoms with Gasteiger partial charge in [0.25, 0.3) is 0 Å². The third-order valence-electron chi connectivity index (χ3n) is 4.79. The van der Waals surface area contributed by atoms with Crippen molar-refractivity contribution in [3.8, 4) is 0 Å². The van der Waals surface area contributed by atoms with Crippen LogP contribution in [0.1, 0.15) is 45.2 Å². The van der Waals surface area contributed by atoms with E-state index in [4.69, 9.17) is 12.2 Å². The van der Waals surface area contributed by atoms with E-state index < -0.39 is 0 Å². The SMILES string of the molecule is CCn1nc(C)c2[nH]c(=S)n(CC3(CC)CCC3)c21. The van der Waals surface area contributed by atoms with Crippen molar-refractivity contribution in [3.63, 3.8) is 0 Å². The summed E-state index contributed by atoms with van der Waals surface area (Å²) in [6, 6.07) is 0. The molecule has 2 heterocycles. The number of aromatic nitrogens is 4. The summed E-state index contributed by atoms with van der Waals surface area (Å²) < 4.78 is 5.19. The van der Waals surface area contributed by atoms with E-state index in [-0.39, 0.29) is 0 Å². The summed E-state index contributed by atoms with van der Waals surface area (Å²) in [6.45, 7) is 8.40. The summed E-state index contributed by atoms with van der Waals surface area (Å²) in [5.74, 6) is 0. The number of aromatic amines is 1. The Morgan fingerprint density at radius 3 is 2.63 bits per heavy atom. The van der Waals surface area contributed by atoms with Gasteiger partial charge in [-0.15, -0.1) is 0 Å². The predicted octanol–water partition coefficient (Wildman–Crippen LogP) is 3.80. The van der Waals surface area contributed by atoms with Crippen LogP contribution < -0.4 is 0 Å². The minimum atomic E-state index is 0.462. The van der Waals surface area contributed by atoms with Crippen molar-refractivity contribution in [2.24, 2.45) is 5.41 Å². The zero-order chi connectivity index (χ0) is 13.6. The van der Waals surface area contributed by atoms with Crippen LogP contribution in [0.5, 0.6) is 0 Å². The molecule has 1 N–H and O–H groups in total. The Hall–Kier alpha value is -1.10. The Bertz CT molecular complexity index is 651. The van der Waals surface area contributed by atoms with E-state index >= 15 is 0 Å². The molecule has 0 aliphatic heterocycles. The van der Waals surface area contributed by atoms with Gasteiger partial charge < -0.3 is 9.55 Å². The van der Waals surface area contributed by atoms with Gasteiger partial charge in [-0.05, 0) is 50.7 Å². The summed E-state index contributed by atoms with van der Waals surface area (Å²) in [5, 5.41) is 4.59. The van der Waals surface area contributed by atoms with Gasteiger partial charge in [0.05, 0.1) is 5.69 Å². The van der Waals surface area contributed by atoms with Crippen LogP contribution in [0, 0.1) is 17.1 Å². The fourth-order valence-corrected chi connectivity index (χ4v) is 3.52. The third-order valence-corrected chi connectivity index (χ3v) is 5.11. The lowest BCUT2D eigenvalue weighted by Crippen LogP contribution is -2.33. The number of aryl methyl sites for hydroxylation is 2. The second-order valence-electron chi connectivity index (χ2n) is 5.82. The van der Waals surface area contributed by atoms with Gasteiger partial charge in [0, 0.05) is 13.1 Å². The number of fused-ring (bicyclic) bond motifs is 1. The number of H-pyrrole nitrogens is 1. The number of hydrogen-bond acceptors (Lipinski definition) is 2. The maximum Gasteiger partial charge on any atom is 0.179 e. The standard InChI is InChI=1S/C14H22N4S/c1-4-14(7-6-8-14)9-17-12-11(15-13(17)19)10(3)16-18(12)5-2/h4-9H2,1-3H3,(H,15,19). The highest BCUT2D eigenvalue weighted by Gasteiger charge is 2.36. The van der Waals surface area contributed by atoms with Gasteiger partial charge in [-0.25, -0.2) is 4.68 Å². The van der Waals surface area contributed by atoms with E-state index in [0.29, 0.717) is 5.41 Å². The van der Waals surface area contributed by atoms with Crippen molar-refractivity contribution in [2.75, 3.05) is 0 Å². The van der Waals surface area contributed by atoms with Gasteiger partial charge in [0.1, 0.15) is 5.52 Å². The largest absolute Gasteiger partial charge is 0.328 e. The van der Waals surface area contributed by atoms with E-state index in [1.54, 1.807) is 0 Å². The quantitative estimate of drug-likeness (QED) is 0.864. The smallest absolute Gasteiger partial charge is 0.179 e. The first-order valence-corrected chi connectivity index (χ1v) is 7.67. The van der Waals surface area contributed by atoms with E-state index in [9.17, 15) is 0 Å². The van der Waals surface area contributed by atoms with Crippen molar-refractivity contribution in [1.29, 1.82) is 0 Å². The van der Waals surface area contributed by atoms with Crippen molar-refractivity contribution in [3.05, 3.63) is 10.5 Å². The fraction of sp³-hybridized carbons (Fsp3) is 0.714. The molecule has 3 rings (SSSR count). The zero-order valence-electron chi connectivity index (χ0n) is 12.0. The molecule has 1 saturated carbocycles. The molecule has 0 atom stereocenters. The van der Waals surface area contributed by atoms with Crippen LogP contribution in [0.3, 0.4) is 0 Å². The van der Waals surface area contributed by atoms with Crippen LogP contribution in [0.25, 0.3) is 11.2 Å². The molecule has 0 bridgehead atoms. The van der Waals surface area contributed by atoms with Crippen LogP contribution in [-0.2, 0) is 13.1 Å². The summed E-state index contributed by atoms with van der Waals surface area (Å²) in [7, 11) is 0. The number of rotatable bonds is 4. The van der Waals surface area contributed by atoms with Gasteiger partial charge in [0.15, 0.2) is 10.4 Å². The van der Waals surface area contributed by atoms with E-state index in [1.165, 1.54) is 31.3 Å². The summed E-state index contributed by atoms with van der Waals surface area (Å²) in [5.41, 5.74) is 3.78. The average Bonchev–Trinajstić information content (AvgIpc) is 2.83. The molecule has 5 heteroatoms. The molecule has 0 spiro atoms. The lowest BCUT2D eigenvalue weighted by molar-refractivity contribution is 0.101. The minimum absolute atomic E-state index is 0.462. The molecule has 1 fully saturated rings. The molecular formula is C14H22N4S. The first kappa shape index (κ1) is 12.9. The highest BCUT2D eigenvalue weighted by atomic mass is 32.1. The lowest BCUT2D eigenvalue weighted by atomic mass is 9.67. The number of imidazole rings is 1. The van der Waals surface area contributed by atoms with Crippen molar-refractivity contribution >= 4 is 23.4 Å². The maximum absolute atomic E-state index is 5.53. The Balaban J connectivity index is 2.12. The Morgan fingerprint density at radius 2 is 2.11 bits per heavy atom. The van der Waals surface area contributed by atoms with Gasteiger partial charge in [-0.1, -0.05) is 13.3 Å². The van der Waals surface area contributed by atoms with Crippen LogP contribution in [-0.4, -0.2) is 19.3 Å². The van der Waals surface area contributed by atoms with E-state index in [2.05, 4.69) is 33.2 Å². The van der Waals surface area contributed by atoms with Crippen molar-refractivity contribution in [2.45, 2.75) is 59.5 Å². The molecular weight excluding hydrogens is 256 g/mol. The normalized spacial score (nSPS) is 17.8. The number of nitrogens with zero attached hydrogens (tertiary/aromatic N) is 3. The molecule has 2 aromatic rings. The van der Waals surface area contributed by atoms with Crippen LogP contribution >= 0.6 is 12.2 Å². The third kappa shape index (κ3) is 1.86. The minimum Gasteiger partial charge on any atom is -0.328 e. The predicted molar refractivity (Wildman–Crippen MR) is 79.9 cm³/mol. The first-order valence-electron chi connectivity index (χ1n) is 7.26. The van der Waals surface area contributed by atoms with Crippen LogP contribution in [0.2, 0.25) is 0 Å². The summed E-state index contributed by atoms with van der Waals surface area (Å²) in [4.78, 5) is 3.34. The Labute approximate surface area is 118 Å². The van der Waals surface area contributed by atoms with Crippen molar-refractivity contribution in [1.82, 2.24) is 19.3 Å². The molecule has 19 heavy (non-hydrogen) atoms. The van der Waals surface area contributed by atoms with Crippen LogP contribution in [0.4, 0.5) is 0 Å². The highest BCUT2D eigenvalue weighted by molar-refractivity contribution is 7.71. The molecule has 0 aromatic carbocycles. The second-order valence-corrected chi connectivity index (χ2v) is 6.21. The molecule has 2 aromatic heterocycles. The average molecular weight is 278 g/mol. The van der Waals surface area contributed by atoms with Gasteiger partial charge in [-0.3, -0.25) is 0 Å². The van der Waals surface area contributed by atoms with E-state index in [0.717, 1.165) is 29.1 Å². The second kappa shape index (κ2) is 4.47. The van der Waals surface area contributed by atoms with Crippen molar-refractivity contribution < 1.29 is 0 Å². The Kier molecular flexibility index (Phi) is 3.04. The molecule has 0 amide bonds. The maximum atomic E-state index is 5.53. The molecule has 4 nitrogen and oxygen atoms in total. The first-order chi connectivity index (χ1) is 9.10. The molecule has 1 aliphatic rings. The van der Waals surface area contributed by atoms with Gasteiger partial charge in [0.2, 0.25) is 0 Å². The lowest BCUT2D eigenvalue weighted by Gasteiger charge is -2.41. The molecule has 1 aliphatic carbocycles. The highest BCUT2D eigenvalue weighted by Crippen LogP contribution is 2.45. The molecule has 0 unspecified atom stereocenters. The monoisotopic (exact) mass is 278 g/mol. The van der Waals surface area contributed by atoms with Gasteiger partial charge >= 0.3 is 0 Å². The topological polar surface area (TPSA) is 38.5 Å². The molecule has 104 valence electrons. The van der Waals surface area contributed by atoms with Gasteiger partial charge in [-0.2, -0.15) is 5.10 Å². The number of hydrogen-bond donors (Lipinski definition) is 1. The number of nitrogens with one attached hydrogen (secondary N) is 1. The summed E-state index contributed by atoms with van der Waals surface area (Å²) >= 11 is 5.53.